The first kappa shape index (κ1) is 13.6. The van der Waals surface area contributed by atoms with Crippen LogP contribution in [0.2, 0.25) is 0 Å². The third-order valence-corrected chi connectivity index (χ3v) is 3.34. The summed E-state index contributed by atoms with van der Waals surface area (Å²) in [6, 6.07) is 5.22. The molecule has 0 heterocycles. The largest absolute Gasteiger partial charge is 0.483 e. The molecule has 1 fully saturated rings. The minimum Gasteiger partial charge on any atom is -0.483 e. The van der Waals surface area contributed by atoms with Crippen molar-refractivity contribution in [2.75, 3.05) is 11.9 Å². The fraction of sp³-hybridized carbons (Fsp3) is 0.571. The molecule has 0 radical (unpaired) electrons. The van der Waals surface area contributed by atoms with Gasteiger partial charge in [0.05, 0.1) is 11.0 Å². The first-order valence-electron chi connectivity index (χ1n) is 6.90. The zero-order valence-electron chi connectivity index (χ0n) is 11.2. The smallest absolute Gasteiger partial charge is 0.333 e. The van der Waals surface area contributed by atoms with Gasteiger partial charge in [0.1, 0.15) is 5.69 Å². The standard InChI is InChI=1S/C14H20N2O3/c1-2-10-15-12-8-5-9-13(14(12)16(17)18)19-11-6-3-4-7-11/h5,8-9,11,15H,2-4,6-7,10H2,1H3. The summed E-state index contributed by atoms with van der Waals surface area (Å²) in [5.41, 5.74) is 0.602. The molecule has 1 N–H and O–H groups in total. The van der Waals surface area contributed by atoms with E-state index < -0.39 is 0 Å². The first-order chi connectivity index (χ1) is 9.22. The van der Waals surface area contributed by atoms with Gasteiger partial charge >= 0.3 is 5.69 Å². The van der Waals surface area contributed by atoms with Crippen molar-refractivity contribution >= 4 is 11.4 Å². The van der Waals surface area contributed by atoms with Crippen LogP contribution in [-0.4, -0.2) is 17.6 Å². The first-order valence-corrected chi connectivity index (χ1v) is 6.90. The summed E-state index contributed by atoms with van der Waals surface area (Å²) in [5.74, 6) is 0.387. The Balaban J connectivity index is 2.22. The molecule has 2 rings (SSSR count). The van der Waals surface area contributed by atoms with Crippen molar-refractivity contribution in [2.45, 2.75) is 45.1 Å². The molecule has 0 atom stereocenters. The highest BCUT2D eigenvalue weighted by atomic mass is 16.6. The van der Waals surface area contributed by atoms with E-state index in [4.69, 9.17) is 4.74 Å². The maximum Gasteiger partial charge on any atom is 0.333 e. The van der Waals surface area contributed by atoms with Crippen LogP contribution in [0.15, 0.2) is 18.2 Å². The zero-order chi connectivity index (χ0) is 13.7. The molecule has 0 saturated heterocycles. The van der Waals surface area contributed by atoms with Gasteiger partial charge in [-0.3, -0.25) is 10.1 Å². The number of ether oxygens (including phenoxy) is 1. The second kappa shape index (κ2) is 6.41. The van der Waals surface area contributed by atoms with E-state index in [0.717, 1.165) is 32.1 Å². The number of nitrogens with zero attached hydrogens (tertiary/aromatic N) is 1. The molecular formula is C14H20N2O3. The summed E-state index contributed by atoms with van der Waals surface area (Å²) in [6.45, 7) is 2.74. The van der Waals surface area contributed by atoms with Crippen molar-refractivity contribution in [1.29, 1.82) is 0 Å². The number of para-hydroxylation sites is 1. The van der Waals surface area contributed by atoms with E-state index in [2.05, 4.69) is 5.32 Å². The van der Waals surface area contributed by atoms with Gasteiger partial charge in [-0.25, -0.2) is 0 Å². The van der Waals surface area contributed by atoms with E-state index in [1.165, 1.54) is 0 Å². The normalized spacial score (nSPS) is 15.4. The fourth-order valence-corrected chi connectivity index (χ4v) is 2.39. The molecule has 5 nitrogen and oxygen atoms in total. The lowest BCUT2D eigenvalue weighted by Crippen LogP contribution is -2.13. The van der Waals surface area contributed by atoms with Gasteiger partial charge in [0.15, 0.2) is 5.75 Å². The highest BCUT2D eigenvalue weighted by Gasteiger charge is 2.24. The summed E-state index contributed by atoms with van der Waals surface area (Å²) in [6.07, 6.45) is 5.32. The molecule has 0 unspecified atom stereocenters. The molecule has 1 aromatic rings. The lowest BCUT2D eigenvalue weighted by Gasteiger charge is -2.15. The number of rotatable bonds is 6. The average Bonchev–Trinajstić information content (AvgIpc) is 2.89. The molecule has 1 aromatic carbocycles. The molecule has 104 valence electrons. The lowest BCUT2D eigenvalue weighted by molar-refractivity contribution is -0.385. The average molecular weight is 264 g/mol. The summed E-state index contributed by atoms with van der Waals surface area (Å²) < 4.78 is 5.81. The fourth-order valence-electron chi connectivity index (χ4n) is 2.39. The van der Waals surface area contributed by atoms with Crippen LogP contribution in [0.4, 0.5) is 11.4 Å². The zero-order valence-corrected chi connectivity index (χ0v) is 11.2. The molecule has 5 heteroatoms. The van der Waals surface area contributed by atoms with E-state index in [-0.39, 0.29) is 16.7 Å². The predicted octanol–water partition coefficient (Wildman–Crippen LogP) is 3.74. The molecule has 0 aromatic heterocycles. The van der Waals surface area contributed by atoms with Gasteiger partial charge in [-0.15, -0.1) is 0 Å². The summed E-state index contributed by atoms with van der Waals surface area (Å²) in [7, 11) is 0. The highest BCUT2D eigenvalue weighted by Crippen LogP contribution is 2.37. The van der Waals surface area contributed by atoms with Gasteiger partial charge in [0.2, 0.25) is 0 Å². The summed E-state index contributed by atoms with van der Waals surface area (Å²) in [5, 5.41) is 14.4. The third-order valence-electron chi connectivity index (χ3n) is 3.34. The summed E-state index contributed by atoms with van der Waals surface area (Å²) in [4.78, 5) is 10.9. The molecule has 1 aliphatic rings. The molecule has 0 spiro atoms. The number of anilines is 1. The number of nitro groups is 1. The maximum absolute atomic E-state index is 11.3. The van der Waals surface area contributed by atoms with Crippen molar-refractivity contribution in [3.8, 4) is 5.75 Å². The van der Waals surface area contributed by atoms with Crippen LogP contribution in [0, 0.1) is 10.1 Å². The molecular weight excluding hydrogens is 244 g/mol. The Bertz CT molecular complexity index is 442. The monoisotopic (exact) mass is 264 g/mol. The minimum atomic E-state index is -0.359. The van der Waals surface area contributed by atoms with Crippen LogP contribution in [0.5, 0.6) is 5.75 Å². The minimum absolute atomic E-state index is 0.0582. The van der Waals surface area contributed by atoms with Crippen LogP contribution in [-0.2, 0) is 0 Å². The Morgan fingerprint density at radius 3 is 2.79 bits per heavy atom. The van der Waals surface area contributed by atoms with E-state index in [1.807, 2.05) is 6.92 Å². The lowest BCUT2D eigenvalue weighted by atomic mass is 10.2. The van der Waals surface area contributed by atoms with E-state index in [9.17, 15) is 10.1 Å². The predicted molar refractivity (Wildman–Crippen MR) is 74.8 cm³/mol. The second-order valence-corrected chi connectivity index (χ2v) is 4.86. The molecule has 0 amide bonds. The van der Waals surface area contributed by atoms with Gasteiger partial charge in [0, 0.05) is 6.54 Å². The second-order valence-electron chi connectivity index (χ2n) is 4.86. The van der Waals surface area contributed by atoms with Crippen LogP contribution < -0.4 is 10.1 Å². The van der Waals surface area contributed by atoms with Gasteiger partial charge in [-0.05, 0) is 44.2 Å². The Morgan fingerprint density at radius 2 is 2.16 bits per heavy atom. The molecule has 1 saturated carbocycles. The number of nitrogens with one attached hydrogen (secondary N) is 1. The van der Waals surface area contributed by atoms with Crippen molar-refractivity contribution in [2.24, 2.45) is 0 Å². The van der Waals surface area contributed by atoms with Crippen molar-refractivity contribution in [1.82, 2.24) is 0 Å². The van der Waals surface area contributed by atoms with Crippen LogP contribution in [0.1, 0.15) is 39.0 Å². The Kier molecular flexibility index (Phi) is 4.60. The molecule has 19 heavy (non-hydrogen) atoms. The molecule has 1 aliphatic carbocycles. The maximum atomic E-state index is 11.3. The van der Waals surface area contributed by atoms with Crippen LogP contribution in [0.3, 0.4) is 0 Å². The molecule has 0 bridgehead atoms. The highest BCUT2D eigenvalue weighted by molar-refractivity contribution is 5.68. The molecule has 0 aliphatic heterocycles. The Labute approximate surface area is 113 Å². The van der Waals surface area contributed by atoms with E-state index >= 15 is 0 Å². The van der Waals surface area contributed by atoms with Crippen LogP contribution in [0.25, 0.3) is 0 Å². The van der Waals surface area contributed by atoms with Crippen molar-refractivity contribution < 1.29 is 9.66 Å². The van der Waals surface area contributed by atoms with Gasteiger partial charge < -0.3 is 10.1 Å². The van der Waals surface area contributed by atoms with Gasteiger partial charge in [-0.1, -0.05) is 13.0 Å². The topological polar surface area (TPSA) is 64.4 Å². The third kappa shape index (κ3) is 3.36. The Hall–Kier alpha value is -1.78. The van der Waals surface area contributed by atoms with Gasteiger partial charge in [0.25, 0.3) is 0 Å². The Morgan fingerprint density at radius 1 is 1.42 bits per heavy atom. The summed E-state index contributed by atoms with van der Waals surface area (Å²) >= 11 is 0. The number of hydrogen-bond donors (Lipinski definition) is 1. The van der Waals surface area contributed by atoms with Crippen LogP contribution >= 0.6 is 0 Å². The van der Waals surface area contributed by atoms with Gasteiger partial charge in [-0.2, -0.15) is 0 Å². The number of nitro benzene ring substituents is 1. The van der Waals surface area contributed by atoms with E-state index in [1.54, 1.807) is 18.2 Å². The SMILES string of the molecule is CCCNc1cccc(OC2CCCC2)c1[N+](=O)[O-]. The van der Waals surface area contributed by atoms with E-state index in [0.29, 0.717) is 18.0 Å². The van der Waals surface area contributed by atoms with Crippen molar-refractivity contribution in [3.05, 3.63) is 28.3 Å². The van der Waals surface area contributed by atoms with Crippen molar-refractivity contribution in [3.63, 3.8) is 0 Å². The quantitative estimate of drug-likeness (QED) is 0.628. The number of hydrogen-bond acceptors (Lipinski definition) is 4. The number of benzene rings is 1.